The Labute approximate surface area is 114 Å². The standard InChI is InChI=1S/C15H22N2O2/c1-15(8-3-4-9-15)16-11-14(18)17-12-6-5-7-13(10-12)19-2/h5-7,10,16H,3-4,8-9,11H2,1-2H3,(H,17,18). The Hall–Kier alpha value is -1.55. The van der Waals surface area contributed by atoms with Gasteiger partial charge in [0.2, 0.25) is 5.91 Å². The number of amides is 1. The van der Waals surface area contributed by atoms with Gasteiger partial charge in [-0.25, -0.2) is 0 Å². The van der Waals surface area contributed by atoms with Crippen molar-refractivity contribution in [3.05, 3.63) is 24.3 Å². The summed E-state index contributed by atoms with van der Waals surface area (Å²) in [7, 11) is 1.61. The highest BCUT2D eigenvalue weighted by molar-refractivity contribution is 5.92. The van der Waals surface area contributed by atoms with Gasteiger partial charge in [0.1, 0.15) is 5.75 Å². The monoisotopic (exact) mass is 262 g/mol. The summed E-state index contributed by atoms with van der Waals surface area (Å²) in [6, 6.07) is 7.39. The van der Waals surface area contributed by atoms with Crippen molar-refractivity contribution in [1.82, 2.24) is 5.32 Å². The van der Waals surface area contributed by atoms with Crippen LogP contribution in [0.1, 0.15) is 32.6 Å². The predicted octanol–water partition coefficient (Wildman–Crippen LogP) is 2.56. The van der Waals surface area contributed by atoms with Gasteiger partial charge in [-0.05, 0) is 31.9 Å². The van der Waals surface area contributed by atoms with Crippen molar-refractivity contribution < 1.29 is 9.53 Å². The van der Waals surface area contributed by atoms with Crippen LogP contribution in [-0.2, 0) is 4.79 Å². The number of carbonyl (C=O) groups excluding carboxylic acids is 1. The number of anilines is 1. The largest absolute Gasteiger partial charge is 0.497 e. The van der Waals surface area contributed by atoms with Gasteiger partial charge in [-0.15, -0.1) is 0 Å². The fourth-order valence-electron chi connectivity index (χ4n) is 2.53. The van der Waals surface area contributed by atoms with E-state index in [1.807, 2.05) is 24.3 Å². The van der Waals surface area contributed by atoms with Gasteiger partial charge in [-0.3, -0.25) is 4.79 Å². The lowest BCUT2D eigenvalue weighted by Gasteiger charge is -2.24. The van der Waals surface area contributed by atoms with Crippen molar-refractivity contribution in [2.45, 2.75) is 38.1 Å². The molecule has 0 spiro atoms. The fraction of sp³-hybridized carbons (Fsp3) is 0.533. The van der Waals surface area contributed by atoms with Gasteiger partial charge in [0.05, 0.1) is 13.7 Å². The molecule has 4 heteroatoms. The molecule has 0 saturated heterocycles. The molecule has 0 heterocycles. The summed E-state index contributed by atoms with van der Waals surface area (Å²) in [6.07, 6.45) is 4.81. The molecule has 19 heavy (non-hydrogen) atoms. The molecule has 104 valence electrons. The van der Waals surface area contributed by atoms with Gasteiger partial charge in [-0.2, -0.15) is 0 Å². The van der Waals surface area contributed by atoms with E-state index in [-0.39, 0.29) is 11.4 Å². The molecular formula is C15H22N2O2. The second-order valence-corrected chi connectivity index (χ2v) is 5.40. The van der Waals surface area contributed by atoms with E-state index in [0.29, 0.717) is 6.54 Å². The van der Waals surface area contributed by atoms with Crippen LogP contribution in [0.4, 0.5) is 5.69 Å². The predicted molar refractivity (Wildman–Crippen MR) is 76.5 cm³/mol. The first-order chi connectivity index (χ1) is 9.11. The van der Waals surface area contributed by atoms with E-state index in [2.05, 4.69) is 17.6 Å². The third kappa shape index (κ3) is 3.96. The SMILES string of the molecule is COc1cccc(NC(=O)CNC2(C)CCCC2)c1. The van der Waals surface area contributed by atoms with Crippen molar-refractivity contribution in [3.63, 3.8) is 0 Å². The Balaban J connectivity index is 1.83. The minimum absolute atomic E-state index is 0.0126. The van der Waals surface area contributed by atoms with Crippen molar-refractivity contribution >= 4 is 11.6 Å². The summed E-state index contributed by atoms with van der Waals surface area (Å²) in [6.45, 7) is 2.55. The summed E-state index contributed by atoms with van der Waals surface area (Å²) < 4.78 is 5.13. The molecule has 1 aliphatic rings. The molecule has 2 N–H and O–H groups in total. The molecule has 0 aliphatic heterocycles. The van der Waals surface area contributed by atoms with Crippen molar-refractivity contribution in [2.24, 2.45) is 0 Å². The van der Waals surface area contributed by atoms with Crippen LogP contribution in [0.5, 0.6) is 5.75 Å². The Kier molecular flexibility index (Phi) is 4.43. The molecule has 1 amide bonds. The van der Waals surface area contributed by atoms with E-state index >= 15 is 0 Å². The number of rotatable bonds is 5. The third-order valence-electron chi connectivity index (χ3n) is 3.74. The van der Waals surface area contributed by atoms with Crippen LogP contribution >= 0.6 is 0 Å². The van der Waals surface area contributed by atoms with Crippen LogP contribution < -0.4 is 15.4 Å². The molecule has 2 rings (SSSR count). The third-order valence-corrected chi connectivity index (χ3v) is 3.74. The number of hydrogen-bond acceptors (Lipinski definition) is 3. The maximum absolute atomic E-state index is 11.9. The first-order valence-electron chi connectivity index (χ1n) is 6.80. The Morgan fingerprint density at radius 1 is 1.37 bits per heavy atom. The highest BCUT2D eigenvalue weighted by Gasteiger charge is 2.28. The van der Waals surface area contributed by atoms with E-state index in [1.165, 1.54) is 12.8 Å². The first kappa shape index (κ1) is 13.9. The number of ether oxygens (including phenoxy) is 1. The Morgan fingerprint density at radius 3 is 2.79 bits per heavy atom. The topological polar surface area (TPSA) is 50.4 Å². The molecule has 1 saturated carbocycles. The van der Waals surface area contributed by atoms with Crippen molar-refractivity contribution in [3.8, 4) is 5.75 Å². The van der Waals surface area contributed by atoms with E-state index in [0.717, 1.165) is 24.3 Å². The number of benzene rings is 1. The maximum atomic E-state index is 11.9. The fourth-order valence-corrected chi connectivity index (χ4v) is 2.53. The number of nitrogens with one attached hydrogen (secondary N) is 2. The number of methoxy groups -OCH3 is 1. The van der Waals surface area contributed by atoms with E-state index in [9.17, 15) is 4.79 Å². The average Bonchev–Trinajstić information content (AvgIpc) is 2.84. The van der Waals surface area contributed by atoms with Crippen LogP contribution in [0, 0.1) is 0 Å². The molecule has 0 bridgehead atoms. The number of carbonyl (C=O) groups is 1. The minimum Gasteiger partial charge on any atom is -0.497 e. The molecule has 0 radical (unpaired) electrons. The zero-order valence-electron chi connectivity index (χ0n) is 11.7. The molecule has 0 atom stereocenters. The minimum atomic E-state index is -0.0126. The molecule has 0 unspecified atom stereocenters. The van der Waals surface area contributed by atoms with Crippen LogP contribution in [0.25, 0.3) is 0 Å². The zero-order valence-corrected chi connectivity index (χ0v) is 11.7. The summed E-state index contributed by atoms with van der Waals surface area (Å²) >= 11 is 0. The smallest absolute Gasteiger partial charge is 0.238 e. The molecule has 1 aromatic rings. The van der Waals surface area contributed by atoms with Gasteiger partial charge in [-0.1, -0.05) is 18.9 Å². The van der Waals surface area contributed by atoms with Gasteiger partial charge < -0.3 is 15.4 Å². The molecule has 1 aliphatic carbocycles. The molecule has 0 aromatic heterocycles. The quantitative estimate of drug-likeness (QED) is 0.857. The molecule has 1 aromatic carbocycles. The Morgan fingerprint density at radius 2 is 2.11 bits per heavy atom. The second-order valence-electron chi connectivity index (χ2n) is 5.40. The van der Waals surface area contributed by atoms with Gasteiger partial charge in [0.25, 0.3) is 0 Å². The Bertz CT molecular complexity index is 440. The van der Waals surface area contributed by atoms with Crippen molar-refractivity contribution in [1.29, 1.82) is 0 Å². The van der Waals surface area contributed by atoms with Crippen LogP contribution in [-0.4, -0.2) is 25.1 Å². The lowest BCUT2D eigenvalue weighted by molar-refractivity contribution is -0.115. The first-order valence-corrected chi connectivity index (χ1v) is 6.80. The summed E-state index contributed by atoms with van der Waals surface area (Å²) in [5.41, 5.74) is 0.897. The lowest BCUT2D eigenvalue weighted by atomic mass is 10.0. The van der Waals surface area contributed by atoms with Gasteiger partial charge >= 0.3 is 0 Å². The van der Waals surface area contributed by atoms with Gasteiger partial charge in [0.15, 0.2) is 0 Å². The highest BCUT2D eigenvalue weighted by Crippen LogP contribution is 2.28. The highest BCUT2D eigenvalue weighted by atomic mass is 16.5. The molecule has 4 nitrogen and oxygen atoms in total. The normalized spacial score (nSPS) is 17.2. The van der Waals surface area contributed by atoms with Crippen LogP contribution in [0.2, 0.25) is 0 Å². The van der Waals surface area contributed by atoms with Gasteiger partial charge in [0, 0.05) is 17.3 Å². The second kappa shape index (κ2) is 6.06. The maximum Gasteiger partial charge on any atom is 0.238 e. The molecule has 1 fully saturated rings. The lowest BCUT2D eigenvalue weighted by Crippen LogP contribution is -2.43. The summed E-state index contributed by atoms with van der Waals surface area (Å²) in [5.74, 6) is 0.731. The van der Waals surface area contributed by atoms with E-state index in [1.54, 1.807) is 7.11 Å². The van der Waals surface area contributed by atoms with E-state index in [4.69, 9.17) is 4.74 Å². The molecular weight excluding hydrogens is 240 g/mol. The van der Waals surface area contributed by atoms with E-state index < -0.39 is 0 Å². The average molecular weight is 262 g/mol. The number of hydrogen-bond donors (Lipinski definition) is 2. The van der Waals surface area contributed by atoms with Crippen molar-refractivity contribution in [2.75, 3.05) is 19.0 Å². The summed E-state index contributed by atoms with van der Waals surface area (Å²) in [5, 5.41) is 6.24. The van der Waals surface area contributed by atoms with Crippen LogP contribution in [0.15, 0.2) is 24.3 Å². The summed E-state index contributed by atoms with van der Waals surface area (Å²) in [4.78, 5) is 11.9. The zero-order chi connectivity index (χ0) is 13.7. The van der Waals surface area contributed by atoms with Crippen LogP contribution in [0.3, 0.4) is 0 Å².